The molecule has 34 heavy (non-hydrogen) atoms. The van der Waals surface area contributed by atoms with Gasteiger partial charge in [-0.3, -0.25) is 0 Å². The molecule has 0 bridgehead atoms. The van der Waals surface area contributed by atoms with Gasteiger partial charge in [-0.05, 0) is 6.92 Å². The van der Waals surface area contributed by atoms with Gasteiger partial charge in [-0.15, -0.1) is 132 Å². The average Bonchev–Trinajstić information content (AvgIpc) is 2.99. The summed E-state index contributed by atoms with van der Waals surface area (Å²) >= 11 is 0. The van der Waals surface area contributed by atoms with E-state index in [0.717, 1.165) is 0 Å². The Balaban J connectivity index is -0.0000000132. The van der Waals surface area contributed by atoms with E-state index in [0.29, 0.717) is 0 Å². The fraction of sp³-hybridized carbons (Fsp3) is 0.179. The van der Waals surface area contributed by atoms with E-state index >= 15 is 0 Å². The molecule has 6 heteroatoms. The number of aliphatic carboxylic acids is 1. The number of rotatable bonds is 3. The van der Waals surface area contributed by atoms with Crippen LogP contribution in [-0.2, 0) is 4.79 Å². The quantitative estimate of drug-likeness (QED) is 0.224. The van der Waals surface area contributed by atoms with Crippen LogP contribution in [-0.4, -0.2) is 57.9 Å². The minimum Gasteiger partial charge on any atom is -0.478 e. The number of hydrogen-bond acceptors (Lipinski definition) is 5. The smallest absolute Gasteiger partial charge is 0.330 e. The van der Waals surface area contributed by atoms with Crippen molar-refractivity contribution in [2.24, 2.45) is 0 Å². The first-order valence-electron chi connectivity index (χ1n) is 8.80. The Hall–Kier alpha value is -3.55. The summed E-state index contributed by atoms with van der Waals surface area (Å²) in [5.41, 5.74) is 0.176. The minimum atomic E-state index is -0.935. The van der Waals surface area contributed by atoms with Gasteiger partial charge < -0.3 is 25.5 Å². The number of aliphatic hydroxyl groups excluding tert-OH is 4. The number of carbonyl (C=O) groups is 1. The van der Waals surface area contributed by atoms with E-state index in [1.807, 2.05) is 0 Å². The summed E-state index contributed by atoms with van der Waals surface area (Å²) in [6, 6.07) is 0. The molecule has 0 aromatic rings. The van der Waals surface area contributed by atoms with Crippen LogP contribution in [0.2, 0.25) is 0 Å². The van der Waals surface area contributed by atoms with Gasteiger partial charge in [-0.2, -0.15) is 0 Å². The second-order valence-corrected chi connectivity index (χ2v) is 1.98. The van der Waals surface area contributed by atoms with Crippen LogP contribution < -0.4 is 0 Å². The van der Waals surface area contributed by atoms with E-state index in [2.05, 4.69) is 138 Å². The maximum Gasteiger partial charge on any atom is 0.330 e. The summed E-state index contributed by atoms with van der Waals surface area (Å²) in [6.07, 6.45) is 0. The average molecular weight is 491 g/mol. The highest BCUT2D eigenvalue weighted by Crippen LogP contribution is 1.81. The molecule has 0 aromatic heterocycles. The topological polar surface area (TPSA) is 118 Å². The normalized spacial score (nSPS) is 4.26. The summed E-state index contributed by atoms with van der Waals surface area (Å²) in [5.74, 6) is -0.935. The zero-order chi connectivity index (χ0) is 32.0. The first kappa shape index (κ1) is 86.7. The summed E-state index contributed by atoms with van der Waals surface area (Å²) in [6.45, 7) is 64.1. The van der Waals surface area contributed by atoms with Crippen LogP contribution in [0.4, 0.5) is 0 Å². The molecule has 0 amide bonds. The molecule has 0 radical (unpaired) electrons. The number of aliphatic hydroxyl groups is 4. The molecule has 0 unspecified atom stereocenters. The fourth-order valence-corrected chi connectivity index (χ4v) is 0. The minimum absolute atomic E-state index is 0.125. The van der Waals surface area contributed by atoms with Gasteiger partial charge in [-0.1, -0.05) is 6.58 Å². The van der Waals surface area contributed by atoms with Crippen molar-refractivity contribution in [1.29, 1.82) is 0 Å². The predicted molar refractivity (Wildman–Crippen MR) is 163 cm³/mol. The van der Waals surface area contributed by atoms with Crippen molar-refractivity contribution in [1.82, 2.24) is 0 Å². The van der Waals surface area contributed by atoms with Crippen LogP contribution in [0, 0.1) is 0 Å². The zero-order valence-electron chi connectivity index (χ0n) is 22.3. The van der Waals surface area contributed by atoms with Gasteiger partial charge in [0.25, 0.3) is 0 Å². The molecule has 0 atom stereocenters. The Morgan fingerprint density at radius 1 is 0.441 bits per heavy atom. The fourth-order valence-electron chi connectivity index (χ4n) is 0. The Labute approximate surface area is 213 Å². The molecule has 0 spiro atoms. The van der Waals surface area contributed by atoms with E-state index in [9.17, 15) is 4.79 Å². The third-order valence-electron chi connectivity index (χ3n) is 0.565. The van der Waals surface area contributed by atoms with Crippen LogP contribution in [0.15, 0.2) is 144 Å². The SMILES string of the molecule is C=C.C=C.C=C.C=C.C=C.C=C.C=C.C=C.C=C.C=C.C=C(C)C(=O)O.OCCO.OCCO. The lowest BCUT2D eigenvalue weighted by Gasteiger charge is -1.79. The van der Waals surface area contributed by atoms with Gasteiger partial charge in [-0.25, -0.2) is 4.79 Å². The third kappa shape index (κ3) is 3570. The molecule has 0 heterocycles. The monoisotopic (exact) mass is 490 g/mol. The molecule has 0 aromatic carbocycles. The molecular weight excluding hydrogens is 432 g/mol. The summed E-state index contributed by atoms with van der Waals surface area (Å²) < 4.78 is 0. The van der Waals surface area contributed by atoms with E-state index < -0.39 is 5.97 Å². The zero-order valence-corrected chi connectivity index (χ0v) is 22.3. The lowest BCUT2D eigenvalue weighted by Crippen LogP contribution is -1.92. The van der Waals surface area contributed by atoms with Crippen LogP contribution in [0.5, 0.6) is 0 Å². The van der Waals surface area contributed by atoms with Crippen molar-refractivity contribution in [3.8, 4) is 0 Å². The summed E-state index contributed by atoms with van der Waals surface area (Å²) in [7, 11) is 0. The largest absolute Gasteiger partial charge is 0.478 e. The van der Waals surface area contributed by atoms with Crippen molar-refractivity contribution in [3.05, 3.63) is 144 Å². The standard InChI is InChI=1S/C4H6O2.2C2H6O2.10C2H4/c1-3(2)4(5)6;2*3-1-2-4;10*1-2/h1H2,2H3,(H,5,6);2*3-4H,1-2H2;10*1-2H2. The van der Waals surface area contributed by atoms with Gasteiger partial charge in [0, 0.05) is 5.57 Å². The van der Waals surface area contributed by atoms with Crippen molar-refractivity contribution in [2.45, 2.75) is 6.92 Å². The molecule has 0 aliphatic carbocycles. The number of carboxylic acid groups (broad SMARTS) is 1. The lowest BCUT2D eigenvalue weighted by molar-refractivity contribution is -0.132. The second-order valence-electron chi connectivity index (χ2n) is 1.98. The second kappa shape index (κ2) is 573. The predicted octanol–water partition coefficient (Wildman–Crippen LogP) is 6.61. The first-order valence-corrected chi connectivity index (χ1v) is 8.80. The lowest BCUT2D eigenvalue weighted by atomic mass is 10.4. The van der Waals surface area contributed by atoms with E-state index in [4.69, 9.17) is 25.5 Å². The Morgan fingerprint density at radius 3 is 0.500 bits per heavy atom. The van der Waals surface area contributed by atoms with E-state index in [-0.39, 0.29) is 32.0 Å². The molecule has 0 saturated heterocycles. The van der Waals surface area contributed by atoms with Crippen LogP contribution in [0.1, 0.15) is 6.92 Å². The van der Waals surface area contributed by atoms with E-state index in [1.165, 1.54) is 6.92 Å². The van der Waals surface area contributed by atoms with Gasteiger partial charge >= 0.3 is 5.97 Å². The van der Waals surface area contributed by atoms with Gasteiger partial charge in [0.05, 0.1) is 26.4 Å². The molecule has 0 fully saturated rings. The maximum absolute atomic E-state index is 9.60. The highest BCUT2D eigenvalue weighted by Gasteiger charge is 1.90. The van der Waals surface area contributed by atoms with Crippen LogP contribution in [0.25, 0.3) is 0 Å². The highest BCUT2D eigenvalue weighted by molar-refractivity contribution is 5.84. The maximum atomic E-state index is 9.60. The third-order valence-corrected chi connectivity index (χ3v) is 0.565. The van der Waals surface area contributed by atoms with Crippen molar-refractivity contribution in [3.63, 3.8) is 0 Å². The molecule has 206 valence electrons. The van der Waals surface area contributed by atoms with Crippen molar-refractivity contribution < 1.29 is 30.3 Å². The molecule has 0 aliphatic heterocycles. The number of hydrogen-bond donors (Lipinski definition) is 5. The summed E-state index contributed by atoms with van der Waals surface area (Å²) in [5, 5.41) is 38.4. The van der Waals surface area contributed by atoms with Gasteiger partial charge in [0.15, 0.2) is 0 Å². The Morgan fingerprint density at radius 2 is 0.500 bits per heavy atom. The van der Waals surface area contributed by atoms with Gasteiger partial charge in [0.2, 0.25) is 0 Å². The summed E-state index contributed by atoms with van der Waals surface area (Å²) in [4.78, 5) is 9.60. The Kier molecular flexibility index (Phi) is 1460. The first-order chi connectivity index (χ1) is 16.5. The van der Waals surface area contributed by atoms with Crippen molar-refractivity contribution in [2.75, 3.05) is 26.4 Å². The Bertz CT molecular complexity index is 206. The molecule has 0 saturated carbocycles. The molecule has 0 aliphatic rings. The molecule has 6 nitrogen and oxygen atoms in total. The van der Waals surface area contributed by atoms with E-state index in [1.54, 1.807) is 0 Å². The van der Waals surface area contributed by atoms with Crippen LogP contribution >= 0.6 is 0 Å². The highest BCUT2D eigenvalue weighted by atomic mass is 16.4. The number of carboxylic acids is 1. The van der Waals surface area contributed by atoms with Crippen LogP contribution in [0.3, 0.4) is 0 Å². The van der Waals surface area contributed by atoms with Crippen molar-refractivity contribution >= 4 is 5.97 Å². The molecule has 5 N–H and O–H groups in total. The van der Waals surface area contributed by atoms with Gasteiger partial charge in [0.1, 0.15) is 0 Å². The molecular formula is C28H58O6. The molecule has 0 rings (SSSR count).